The quantitative estimate of drug-likeness (QED) is 0.798. The minimum atomic E-state index is 0.0990. The van der Waals surface area contributed by atoms with Crippen LogP contribution >= 0.6 is 0 Å². The second-order valence-electron chi connectivity index (χ2n) is 6.98. The van der Waals surface area contributed by atoms with E-state index in [-0.39, 0.29) is 5.54 Å². The molecular weight excluding hydrogens is 264 g/mol. The van der Waals surface area contributed by atoms with Crippen LogP contribution in [0.1, 0.15) is 51.7 Å². The van der Waals surface area contributed by atoms with Crippen LogP contribution in [0.15, 0.2) is 10.5 Å². The lowest BCUT2D eigenvalue weighted by Gasteiger charge is -2.25. The average Bonchev–Trinajstić information content (AvgIpc) is 2.71. The third-order valence-electron chi connectivity index (χ3n) is 3.52. The van der Waals surface area contributed by atoms with Gasteiger partial charge in [0.25, 0.3) is 0 Å². The van der Waals surface area contributed by atoms with Gasteiger partial charge in [-0.2, -0.15) is 0 Å². The number of methoxy groups -OCH3 is 1. The molecule has 0 spiro atoms. The van der Waals surface area contributed by atoms with Crippen molar-refractivity contribution in [2.45, 2.75) is 66.2 Å². The maximum atomic E-state index is 6.03. The van der Waals surface area contributed by atoms with E-state index in [4.69, 9.17) is 9.15 Å². The molecule has 4 heteroatoms. The van der Waals surface area contributed by atoms with E-state index in [0.29, 0.717) is 6.04 Å². The van der Waals surface area contributed by atoms with Gasteiger partial charge >= 0.3 is 0 Å². The fourth-order valence-electron chi connectivity index (χ4n) is 2.12. The van der Waals surface area contributed by atoms with Crippen LogP contribution < -0.4 is 5.32 Å². The summed E-state index contributed by atoms with van der Waals surface area (Å²) < 4.78 is 11.2. The SMILES string of the molecule is COCCN(Cc1cc(C)c(CNC(C)(C)C)o1)C(C)C. The van der Waals surface area contributed by atoms with Crippen molar-refractivity contribution in [2.24, 2.45) is 0 Å². The highest BCUT2D eigenvalue weighted by Crippen LogP contribution is 2.18. The molecule has 0 aromatic carbocycles. The summed E-state index contributed by atoms with van der Waals surface area (Å²) >= 11 is 0. The van der Waals surface area contributed by atoms with Crippen molar-refractivity contribution >= 4 is 0 Å². The molecular formula is C17H32N2O2. The lowest BCUT2D eigenvalue weighted by atomic mass is 10.1. The fourth-order valence-corrected chi connectivity index (χ4v) is 2.12. The third-order valence-corrected chi connectivity index (χ3v) is 3.52. The molecule has 1 heterocycles. The molecule has 0 saturated carbocycles. The summed E-state index contributed by atoms with van der Waals surface area (Å²) in [6.45, 7) is 16.3. The zero-order chi connectivity index (χ0) is 16.0. The molecule has 0 aliphatic heterocycles. The fraction of sp³-hybridized carbons (Fsp3) is 0.765. The van der Waals surface area contributed by atoms with Crippen LogP contribution in [0.2, 0.25) is 0 Å². The summed E-state index contributed by atoms with van der Waals surface area (Å²) in [5, 5.41) is 3.48. The lowest BCUT2D eigenvalue weighted by Crippen LogP contribution is -2.35. The van der Waals surface area contributed by atoms with E-state index in [1.807, 2.05) is 0 Å². The van der Waals surface area contributed by atoms with E-state index in [1.165, 1.54) is 5.56 Å². The van der Waals surface area contributed by atoms with Crippen LogP contribution in [0.4, 0.5) is 0 Å². The van der Waals surface area contributed by atoms with Crippen LogP contribution in [-0.4, -0.2) is 36.7 Å². The van der Waals surface area contributed by atoms with Gasteiger partial charge in [0.1, 0.15) is 11.5 Å². The molecule has 0 atom stereocenters. The highest BCUT2D eigenvalue weighted by atomic mass is 16.5. The molecule has 0 fully saturated rings. The van der Waals surface area contributed by atoms with Crippen LogP contribution in [0.3, 0.4) is 0 Å². The minimum Gasteiger partial charge on any atom is -0.463 e. The first kappa shape index (κ1) is 18.2. The first-order valence-electron chi connectivity index (χ1n) is 7.79. The standard InChI is InChI=1S/C17H32N2O2/c1-13(2)19(8-9-20-7)12-15-10-14(3)16(21-15)11-18-17(4,5)6/h10,13,18H,8-9,11-12H2,1-7H3. The second kappa shape index (κ2) is 7.97. The van der Waals surface area contributed by atoms with Gasteiger partial charge in [-0.1, -0.05) is 0 Å². The molecule has 0 radical (unpaired) electrons. The van der Waals surface area contributed by atoms with Crippen molar-refractivity contribution in [3.63, 3.8) is 0 Å². The van der Waals surface area contributed by atoms with Gasteiger partial charge in [-0.05, 0) is 53.2 Å². The maximum Gasteiger partial charge on any atom is 0.120 e. The molecule has 1 aromatic rings. The number of hydrogen-bond donors (Lipinski definition) is 1. The van der Waals surface area contributed by atoms with Gasteiger partial charge in [0.2, 0.25) is 0 Å². The van der Waals surface area contributed by atoms with Gasteiger partial charge in [-0.15, -0.1) is 0 Å². The van der Waals surface area contributed by atoms with E-state index < -0.39 is 0 Å². The van der Waals surface area contributed by atoms with E-state index in [2.05, 4.69) is 57.8 Å². The molecule has 0 saturated heterocycles. The lowest BCUT2D eigenvalue weighted by molar-refractivity contribution is 0.119. The van der Waals surface area contributed by atoms with Crippen LogP contribution in [0.5, 0.6) is 0 Å². The predicted octanol–water partition coefficient (Wildman–Crippen LogP) is 3.33. The molecule has 0 aliphatic carbocycles. The Kier molecular flexibility index (Phi) is 6.91. The molecule has 0 amide bonds. The van der Waals surface area contributed by atoms with Gasteiger partial charge in [0.05, 0.1) is 19.7 Å². The molecule has 0 unspecified atom stereocenters. The Morgan fingerprint density at radius 1 is 1.33 bits per heavy atom. The second-order valence-corrected chi connectivity index (χ2v) is 6.98. The Hall–Kier alpha value is -0.840. The van der Waals surface area contributed by atoms with Gasteiger partial charge in [-0.3, -0.25) is 4.90 Å². The zero-order valence-electron chi connectivity index (χ0n) is 14.7. The van der Waals surface area contributed by atoms with Gasteiger partial charge in [-0.25, -0.2) is 0 Å². The number of rotatable bonds is 8. The highest BCUT2D eigenvalue weighted by Gasteiger charge is 2.16. The van der Waals surface area contributed by atoms with E-state index in [1.54, 1.807) is 7.11 Å². The zero-order valence-corrected chi connectivity index (χ0v) is 14.7. The summed E-state index contributed by atoms with van der Waals surface area (Å²) in [6.07, 6.45) is 0. The number of aryl methyl sites for hydroxylation is 1. The Bertz CT molecular complexity index is 419. The number of ether oxygens (including phenoxy) is 1. The predicted molar refractivity (Wildman–Crippen MR) is 87.5 cm³/mol. The van der Waals surface area contributed by atoms with Gasteiger partial charge in [0.15, 0.2) is 0 Å². The van der Waals surface area contributed by atoms with Crippen molar-refractivity contribution in [3.8, 4) is 0 Å². The van der Waals surface area contributed by atoms with Crippen molar-refractivity contribution < 1.29 is 9.15 Å². The van der Waals surface area contributed by atoms with Crippen LogP contribution in [0, 0.1) is 6.92 Å². The molecule has 1 aromatic heterocycles. The number of furan rings is 1. The summed E-state index contributed by atoms with van der Waals surface area (Å²) in [4.78, 5) is 2.36. The van der Waals surface area contributed by atoms with Crippen molar-refractivity contribution in [2.75, 3.05) is 20.3 Å². The molecule has 21 heavy (non-hydrogen) atoms. The number of nitrogens with one attached hydrogen (secondary N) is 1. The molecule has 0 bridgehead atoms. The van der Waals surface area contributed by atoms with Crippen LogP contribution in [-0.2, 0) is 17.8 Å². The highest BCUT2D eigenvalue weighted by molar-refractivity contribution is 5.20. The maximum absolute atomic E-state index is 6.03. The summed E-state index contributed by atoms with van der Waals surface area (Å²) in [5.74, 6) is 2.07. The monoisotopic (exact) mass is 296 g/mol. The first-order valence-corrected chi connectivity index (χ1v) is 7.79. The molecule has 4 nitrogen and oxygen atoms in total. The Labute approximate surface area is 129 Å². The molecule has 0 aliphatic rings. The molecule has 1 rings (SSSR count). The Balaban J connectivity index is 2.67. The summed E-state index contributed by atoms with van der Waals surface area (Å²) in [5.41, 5.74) is 1.32. The molecule has 1 N–H and O–H groups in total. The Morgan fingerprint density at radius 3 is 2.52 bits per heavy atom. The van der Waals surface area contributed by atoms with Crippen molar-refractivity contribution in [1.29, 1.82) is 0 Å². The average molecular weight is 296 g/mol. The van der Waals surface area contributed by atoms with Crippen molar-refractivity contribution in [1.82, 2.24) is 10.2 Å². The summed E-state index contributed by atoms with van der Waals surface area (Å²) in [6, 6.07) is 2.63. The Morgan fingerprint density at radius 2 is 2.00 bits per heavy atom. The molecule has 122 valence electrons. The van der Waals surface area contributed by atoms with Gasteiger partial charge in [0, 0.05) is 25.2 Å². The topological polar surface area (TPSA) is 37.6 Å². The van der Waals surface area contributed by atoms with E-state index in [0.717, 1.165) is 37.8 Å². The smallest absolute Gasteiger partial charge is 0.120 e. The first-order chi connectivity index (χ1) is 9.73. The summed E-state index contributed by atoms with van der Waals surface area (Å²) in [7, 11) is 1.74. The largest absolute Gasteiger partial charge is 0.463 e. The number of hydrogen-bond acceptors (Lipinski definition) is 4. The van der Waals surface area contributed by atoms with Crippen molar-refractivity contribution in [3.05, 3.63) is 23.2 Å². The van der Waals surface area contributed by atoms with Gasteiger partial charge < -0.3 is 14.5 Å². The third kappa shape index (κ3) is 6.64. The number of nitrogens with zero attached hydrogens (tertiary/aromatic N) is 1. The minimum absolute atomic E-state index is 0.0990. The normalized spacial score (nSPS) is 12.6. The van der Waals surface area contributed by atoms with E-state index in [9.17, 15) is 0 Å². The van der Waals surface area contributed by atoms with Crippen LogP contribution in [0.25, 0.3) is 0 Å². The van der Waals surface area contributed by atoms with E-state index >= 15 is 0 Å².